The normalized spacial score (nSPS) is 21.0. The molecule has 2 aromatic rings. The number of likely N-dealkylation sites (tertiary alicyclic amines) is 1. The second-order valence-corrected chi connectivity index (χ2v) is 18.1. The van der Waals surface area contributed by atoms with E-state index in [2.05, 4.69) is 63.7 Å². The van der Waals surface area contributed by atoms with Gasteiger partial charge in [-0.15, -0.1) is 0 Å². The number of piperazine rings is 1. The van der Waals surface area contributed by atoms with Crippen LogP contribution < -0.4 is 15.8 Å². The lowest BCUT2D eigenvalue weighted by Crippen LogP contribution is -2.56. The van der Waals surface area contributed by atoms with Gasteiger partial charge in [0.2, 0.25) is 15.9 Å². The number of amides is 3. The fraction of sp³-hybridized carbons (Fsp3) is 0.583. The van der Waals surface area contributed by atoms with Gasteiger partial charge in [-0.1, -0.05) is 25.1 Å². The Hall–Kier alpha value is -2.60. The molecule has 2 aromatic carbocycles. The summed E-state index contributed by atoms with van der Waals surface area (Å²) in [5, 5.41) is 7.85. The smallest absolute Gasteiger partial charge is 0.322 e. The molecule has 0 spiro atoms. The van der Waals surface area contributed by atoms with Crippen molar-refractivity contribution < 1.29 is 22.8 Å². The van der Waals surface area contributed by atoms with E-state index in [0.29, 0.717) is 59.2 Å². The van der Waals surface area contributed by atoms with Gasteiger partial charge in [0.25, 0.3) is 0 Å². The number of para-hydroxylation sites is 1. The van der Waals surface area contributed by atoms with Crippen LogP contribution in [0.25, 0.3) is 0 Å². The van der Waals surface area contributed by atoms with Crippen LogP contribution in [-0.4, -0.2) is 134 Å². The number of nitrogens with two attached hydrogens (primary N) is 1. The molecule has 6 rings (SSSR count). The maximum absolute atomic E-state index is 14.1. The fourth-order valence-electron chi connectivity index (χ4n) is 7.63. The van der Waals surface area contributed by atoms with Crippen LogP contribution in [0.5, 0.6) is 0 Å². The van der Waals surface area contributed by atoms with Gasteiger partial charge < -0.3 is 20.9 Å². The quantitative estimate of drug-likeness (QED) is 0.225. The number of rotatable bonds is 11. The van der Waals surface area contributed by atoms with E-state index in [-0.39, 0.29) is 30.0 Å². The van der Waals surface area contributed by atoms with Gasteiger partial charge in [0, 0.05) is 98.1 Å². The first kappa shape index (κ1) is 39.1. The Labute approximate surface area is 323 Å². The number of nitrogen functional groups attached to an aromatic ring is 1. The summed E-state index contributed by atoms with van der Waals surface area (Å²) in [5.41, 5.74) is 8.67. The number of hydrogen-bond acceptors (Lipinski definition) is 9. The number of anilines is 2. The van der Waals surface area contributed by atoms with E-state index in [4.69, 9.17) is 5.73 Å². The number of fused-ring (bicyclic) bond motifs is 1. The van der Waals surface area contributed by atoms with Gasteiger partial charge >= 0.3 is 6.03 Å². The highest BCUT2D eigenvalue weighted by Gasteiger charge is 2.36. The summed E-state index contributed by atoms with van der Waals surface area (Å²) in [6.07, 6.45) is 3.86. The third kappa shape index (κ3) is 9.73. The van der Waals surface area contributed by atoms with Gasteiger partial charge in [0.15, 0.2) is 5.78 Å². The minimum Gasteiger partial charge on any atom is -0.397 e. The number of sulfonamides is 1. The molecule has 4 heterocycles. The lowest BCUT2D eigenvalue weighted by molar-refractivity contribution is -0.134. The molecule has 4 aliphatic heterocycles. The summed E-state index contributed by atoms with van der Waals surface area (Å²) in [5.74, 6) is -0.253. The van der Waals surface area contributed by atoms with Gasteiger partial charge in [-0.2, -0.15) is 0 Å². The molecule has 0 bridgehead atoms. The van der Waals surface area contributed by atoms with Crippen LogP contribution >= 0.6 is 31.9 Å². The minimum absolute atomic E-state index is 0.0708. The van der Waals surface area contributed by atoms with Crippen molar-refractivity contribution in [1.82, 2.24) is 29.4 Å². The number of piperidine rings is 2. The summed E-state index contributed by atoms with van der Waals surface area (Å²) in [4.78, 5) is 46.4. The molecule has 0 aromatic heterocycles. The van der Waals surface area contributed by atoms with Crippen molar-refractivity contribution >= 4 is 71.0 Å². The average molecular weight is 867 g/mol. The van der Waals surface area contributed by atoms with Crippen LogP contribution in [0.15, 0.2) is 45.3 Å². The van der Waals surface area contributed by atoms with Gasteiger partial charge in [-0.05, 0) is 93.6 Å². The zero-order chi connectivity index (χ0) is 37.0. The molecule has 3 saturated heterocycles. The van der Waals surface area contributed by atoms with Crippen molar-refractivity contribution in [3.05, 3.63) is 56.5 Å². The number of halogens is 2. The second-order valence-electron chi connectivity index (χ2n) is 14.5. The van der Waals surface area contributed by atoms with Crippen LogP contribution in [0.2, 0.25) is 0 Å². The molecule has 52 heavy (non-hydrogen) atoms. The highest BCUT2D eigenvalue weighted by Crippen LogP contribution is 2.31. The molecule has 0 unspecified atom stereocenters. The third-order valence-corrected chi connectivity index (χ3v) is 13.6. The summed E-state index contributed by atoms with van der Waals surface area (Å²) >= 11 is 6.76. The van der Waals surface area contributed by atoms with Gasteiger partial charge in [0.05, 0.1) is 11.4 Å². The molecular formula is C36H50Br2N8O5S. The highest BCUT2D eigenvalue weighted by atomic mass is 79.9. The van der Waals surface area contributed by atoms with Crippen LogP contribution in [0, 0.1) is 5.92 Å². The summed E-state index contributed by atoms with van der Waals surface area (Å²) < 4.78 is 30.8. The summed E-state index contributed by atoms with van der Waals surface area (Å²) in [7, 11) is -3.94. The number of ketones is 1. The number of carbonyl (C=O) groups excluding carboxylic acids is 3. The monoisotopic (exact) mass is 864 g/mol. The molecule has 16 heteroatoms. The van der Waals surface area contributed by atoms with E-state index in [1.807, 2.05) is 29.2 Å². The molecule has 1 atom stereocenters. The summed E-state index contributed by atoms with van der Waals surface area (Å²) in [6.45, 7) is 9.25. The first-order valence-electron chi connectivity index (χ1n) is 18.3. The van der Waals surface area contributed by atoms with E-state index < -0.39 is 22.0 Å². The number of carbonyl (C=O) groups is 3. The SMILES string of the molecule is CC1CCN(N2CCN(CCS(=O)(=O)N[C@H](CC(=O)c3cc(Br)c(N)c(Br)c3)C(=O)N3CCC(N4CCc5ccccc5NC4=O)CC3)CC2)CC1. The molecule has 4 aliphatic rings. The second kappa shape index (κ2) is 17.2. The van der Waals surface area contributed by atoms with Crippen molar-refractivity contribution in [1.29, 1.82) is 0 Å². The number of urea groups is 1. The molecule has 13 nitrogen and oxygen atoms in total. The number of nitrogens with one attached hydrogen (secondary N) is 2. The van der Waals surface area contributed by atoms with Crippen LogP contribution in [-0.2, 0) is 21.2 Å². The van der Waals surface area contributed by atoms with E-state index in [9.17, 15) is 22.8 Å². The molecule has 4 N–H and O–H groups in total. The minimum atomic E-state index is -3.94. The number of Topliss-reactive ketones (excluding diaryl/α,β-unsaturated/α-hetero) is 1. The van der Waals surface area contributed by atoms with Crippen molar-refractivity contribution in [3.8, 4) is 0 Å². The molecule has 0 radical (unpaired) electrons. The van der Waals surface area contributed by atoms with Crippen molar-refractivity contribution in [2.24, 2.45) is 5.92 Å². The zero-order valence-corrected chi connectivity index (χ0v) is 33.7. The number of hydrogen-bond donors (Lipinski definition) is 3. The van der Waals surface area contributed by atoms with Crippen LogP contribution in [0.4, 0.5) is 16.2 Å². The number of hydrazine groups is 1. The number of benzene rings is 2. The van der Waals surface area contributed by atoms with Gasteiger partial charge in [-0.25, -0.2) is 28.0 Å². The number of nitrogens with zero attached hydrogens (tertiary/aromatic N) is 5. The predicted molar refractivity (Wildman–Crippen MR) is 209 cm³/mol. The fourth-order valence-corrected chi connectivity index (χ4v) is 10.1. The molecule has 3 fully saturated rings. The Morgan fingerprint density at radius 3 is 2.23 bits per heavy atom. The van der Waals surface area contributed by atoms with Crippen molar-refractivity contribution in [2.75, 3.05) is 82.3 Å². The van der Waals surface area contributed by atoms with Crippen molar-refractivity contribution in [2.45, 2.75) is 57.5 Å². The van der Waals surface area contributed by atoms with Gasteiger partial charge in [-0.3, -0.25) is 14.5 Å². The Morgan fingerprint density at radius 1 is 0.923 bits per heavy atom. The Balaban J connectivity index is 1.08. The molecule has 0 aliphatic carbocycles. The van der Waals surface area contributed by atoms with Crippen LogP contribution in [0.1, 0.15) is 54.9 Å². The maximum atomic E-state index is 14.1. The van der Waals surface area contributed by atoms with E-state index >= 15 is 0 Å². The predicted octanol–water partition coefficient (Wildman–Crippen LogP) is 4.00. The Bertz CT molecular complexity index is 1700. The highest BCUT2D eigenvalue weighted by molar-refractivity contribution is 9.11. The van der Waals surface area contributed by atoms with E-state index in [0.717, 1.165) is 62.9 Å². The Kier molecular flexibility index (Phi) is 13.0. The van der Waals surface area contributed by atoms with E-state index in [1.54, 1.807) is 17.0 Å². The first-order valence-corrected chi connectivity index (χ1v) is 21.5. The topological polar surface area (TPSA) is 152 Å². The lowest BCUT2D eigenvalue weighted by atomic mass is 9.99. The first-order chi connectivity index (χ1) is 24.9. The molecular weight excluding hydrogens is 816 g/mol. The molecule has 3 amide bonds. The van der Waals surface area contributed by atoms with E-state index in [1.165, 1.54) is 12.8 Å². The lowest BCUT2D eigenvalue weighted by Gasteiger charge is -2.43. The average Bonchev–Trinajstić information content (AvgIpc) is 3.30. The molecule has 0 saturated carbocycles. The largest absolute Gasteiger partial charge is 0.397 e. The molecule has 284 valence electrons. The maximum Gasteiger partial charge on any atom is 0.322 e. The van der Waals surface area contributed by atoms with Gasteiger partial charge in [0.1, 0.15) is 6.04 Å². The van der Waals surface area contributed by atoms with Crippen LogP contribution in [0.3, 0.4) is 0 Å². The summed E-state index contributed by atoms with van der Waals surface area (Å²) in [6, 6.07) is 9.43. The zero-order valence-electron chi connectivity index (χ0n) is 29.7. The van der Waals surface area contributed by atoms with Crippen molar-refractivity contribution in [3.63, 3.8) is 0 Å². The standard InChI is InChI=1S/C36H50Br2N8O5S/c1-25-6-13-44(14-7-25)45-18-16-42(17-19-45)20-21-52(50,51)41-32(24-33(47)27-22-29(37)34(39)30(38)23-27)35(48)43-11-9-28(10-12-43)46-15-8-26-4-2-3-5-31(26)40-36(46)49/h2-5,22-23,25,28,32,41H,6-21,24,39H2,1H3,(H,40,49)/t32-/m1/s1. The Morgan fingerprint density at radius 2 is 1.56 bits per heavy atom. The third-order valence-electron chi connectivity index (χ3n) is 11.0.